The topological polar surface area (TPSA) is 54.1 Å². The molecule has 1 saturated heterocycles. The second-order valence-corrected chi connectivity index (χ2v) is 5.78. The first-order valence-corrected chi connectivity index (χ1v) is 7.68. The van der Waals surface area contributed by atoms with Crippen molar-refractivity contribution in [1.29, 1.82) is 0 Å². The normalized spacial score (nSPS) is 19.7. The number of guanidine groups is 1. The molecule has 0 radical (unpaired) electrons. The van der Waals surface area contributed by atoms with Gasteiger partial charge in [-0.2, -0.15) is 0 Å². The van der Waals surface area contributed by atoms with Crippen LogP contribution in [0.25, 0.3) is 0 Å². The van der Waals surface area contributed by atoms with Crippen LogP contribution in [0.3, 0.4) is 0 Å². The van der Waals surface area contributed by atoms with Crippen molar-refractivity contribution in [3.8, 4) is 0 Å². The van der Waals surface area contributed by atoms with E-state index in [1.54, 1.807) is 0 Å². The van der Waals surface area contributed by atoms with Crippen LogP contribution >= 0.6 is 0 Å². The fraction of sp³-hybridized carbons (Fsp3) is 0.562. The maximum absolute atomic E-state index is 6.01. The maximum atomic E-state index is 6.01. The molecule has 2 N–H and O–H groups in total. The molecule has 3 rings (SSSR count). The Balaban J connectivity index is 1.57. The van der Waals surface area contributed by atoms with E-state index in [2.05, 4.69) is 39.1 Å². The summed E-state index contributed by atoms with van der Waals surface area (Å²) in [5, 5.41) is 0. The first kappa shape index (κ1) is 14.2. The number of morpholine rings is 1. The highest BCUT2D eigenvalue weighted by Gasteiger charge is 2.27. The van der Waals surface area contributed by atoms with Crippen LogP contribution in [0.15, 0.2) is 29.3 Å². The fourth-order valence-electron chi connectivity index (χ4n) is 2.57. The third-order valence-corrected chi connectivity index (χ3v) is 4.19. The number of rotatable bonds is 4. The Morgan fingerprint density at radius 3 is 2.57 bits per heavy atom. The van der Waals surface area contributed by atoms with Crippen LogP contribution in [-0.4, -0.2) is 50.3 Å². The molecule has 0 aromatic heterocycles. The molecule has 2 aliphatic rings. The first-order chi connectivity index (χ1) is 10.2. The van der Waals surface area contributed by atoms with Crippen LogP contribution in [-0.2, 0) is 11.3 Å². The highest BCUT2D eigenvalue weighted by molar-refractivity contribution is 5.78. The van der Waals surface area contributed by atoms with Gasteiger partial charge in [0.1, 0.15) is 0 Å². The lowest BCUT2D eigenvalue weighted by Gasteiger charge is -2.28. The summed E-state index contributed by atoms with van der Waals surface area (Å²) in [6.45, 7) is 4.21. The van der Waals surface area contributed by atoms with Crippen molar-refractivity contribution in [2.75, 3.05) is 38.3 Å². The molecule has 0 unspecified atom stereocenters. The predicted molar refractivity (Wildman–Crippen MR) is 85.6 cm³/mol. The minimum atomic E-state index is 0.609. The zero-order valence-electron chi connectivity index (χ0n) is 12.7. The van der Waals surface area contributed by atoms with Gasteiger partial charge in [0.15, 0.2) is 5.96 Å². The molecule has 1 saturated carbocycles. The zero-order chi connectivity index (χ0) is 14.7. The second-order valence-electron chi connectivity index (χ2n) is 5.78. The van der Waals surface area contributed by atoms with Crippen molar-refractivity contribution in [2.45, 2.75) is 25.4 Å². The van der Waals surface area contributed by atoms with Gasteiger partial charge in [-0.25, -0.2) is 4.99 Å². The van der Waals surface area contributed by atoms with E-state index in [1.165, 1.54) is 24.1 Å². The highest BCUT2D eigenvalue weighted by atomic mass is 16.5. The van der Waals surface area contributed by atoms with Crippen molar-refractivity contribution in [3.63, 3.8) is 0 Å². The summed E-state index contributed by atoms with van der Waals surface area (Å²) in [6.07, 6.45) is 2.47. The summed E-state index contributed by atoms with van der Waals surface area (Å²) in [4.78, 5) is 8.92. The lowest BCUT2D eigenvalue weighted by Crippen LogP contribution is -2.36. The van der Waals surface area contributed by atoms with Crippen molar-refractivity contribution >= 4 is 11.6 Å². The third kappa shape index (κ3) is 3.67. The Morgan fingerprint density at radius 1 is 1.29 bits per heavy atom. The molecule has 1 aliphatic carbocycles. The van der Waals surface area contributed by atoms with Crippen molar-refractivity contribution < 1.29 is 4.74 Å². The molecule has 0 atom stereocenters. The van der Waals surface area contributed by atoms with Crippen molar-refractivity contribution in [3.05, 3.63) is 29.8 Å². The first-order valence-electron chi connectivity index (χ1n) is 7.68. The molecule has 21 heavy (non-hydrogen) atoms. The molecule has 114 valence electrons. The number of nitrogens with zero attached hydrogens (tertiary/aromatic N) is 3. The largest absolute Gasteiger partial charge is 0.378 e. The molecule has 2 fully saturated rings. The van der Waals surface area contributed by atoms with E-state index in [9.17, 15) is 0 Å². The van der Waals surface area contributed by atoms with E-state index >= 15 is 0 Å². The summed E-state index contributed by atoms with van der Waals surface area (Å²) in [5.41, 5.74) is 8.46. The molecule has 1 heterocycles. The summed E-state index contributed by atoms with van der Waals surface area (Å²) >= 11 is 0. The maximum Gasteiger partial charge on any atom is 0.191 e. The smallest absolute Gasteiger partial charge is 0.191 e. The number of anilines is 1. The molecule has 1 aromatic carbocycles. The standard InChI is InChI=1S/C16H24N4O/c1-19(14-6-7-14)16(17)18-12-13-2-4-15(5-3-13)20-8-10-21-11-9-20/h2-5,14H,6-12H2,1H3,(H2,17,18). The molecule has 5 heteroatoms. The Kier molecular flexibility index (Phi) is 4.29. The summed E-state index contributed by atoms with van der Waals surface area (Å²) in [5.74, 6) is 0.648. The highest BCUT2D eigenvalue weighted by Crippen LogP contribution is 2.25. The Bertz CT molecular complexity index is 490. The summed E-state index contributed by atoms with van der Waals surface area (Å²) in [7, 11) is 2.03. The van der Waals surface area contributed by atoms with Crippen LogP contribution < -0.4 is 10.6 Å². The SMILES string of the molecule is CN(C(N)=NCc1ccc(N2CCOCC2)cc1)C1CC1. The second kappa shape index (κ2) is 6.35. The van der Waals surface area contributed by atoms with Crippen molar-refractivity contribution in [1.82, 2.24) is 4.90 Å². The van der Waals surface area contributed by atoms with Gasteiger partial charge in [0.2, 0.25) is 0 Å². The van der Waals surface area contributed by atoms with E-state index in [4.69, 9.17) is 10.5 Å². The lowest BCUT2D eigenvalue weighted by atomic mass is 10.2. The van der Waals surface area contributed by atoms with Crippen LogP contribution in [0.2, 0.25) is 0 Å². The van der Waals surface area contributed by atoms with Gasteiger partial charge in [0, 0.05) is 31.9 Å². The number of ether oxygens (including phenoxy) is 1. The van der Waals surface area contributed by atoms with Crippen LogP contribution in [0.1, 0.15) is 18.4 Å². The third-order valence-electron chi connectivity index (χ3n) is 4.19. The van der Waals surface area contributed by atoms with Gasteiger partial charge in [-0.15, -0.1) is 0 Å². The summed E-state index contributed by atoms with van der Waals surface area (Å²) in [6, 6.07) is 9.21. The van der Waals surface area contributed by atoms with E-state index in [0.717, 1.165) is 26.3 Å². The number of benzene rings is 1. The Morgan fingerprint density at radius 2 is 1.95 bits per heavy atom. The molecule has 0 spiro atoms. The molecular weight excluding hydrogens is 264 g/mol. The minimum absolute atomic E-state index is 0.609. The molecule has 5 nitrogen and oxygen atoms in total. The lowest BCUT2D eigenvalue weighted by molar-refractivity contribution is 0.122. The van der Waals surface area contributed by atoms with Gasteiger partial charge in [-0.1, -0.05) is 12.1 Å². The number of aliphatic imine (C=N–C) groups is 1. The van der Waals surface area contributed by atoms with Crippen LogP contribution in [0, 0.1) is 0 Å². The predicted octanol–water partition coefficient (Wildman–Crippen LogP) is 1.43. The average molecular weight is 288 g/mol. The van der Waals surface area contributed by atoms with Gasteiger partial charge in [-0.05, 0) is 30.5 Å². The van der Waals surface area contributed by atoms with Gasteiger partial charge in [0.05, 0.1) is 19.8 Å². The van der Waals surface area contributed by atoms with Crippen LogP contribution in [0.5, 0.6) is 0 Å². The number of hydrogen-bond acceptors (Lipinski definition) is 3. The van der Waals surface area contributed by atoms with Crippen LogP contribution in [0.4, 0.5) is 5.69 Å². The van der Waals surface area contributed by atoms with E-state index in [0.29, 0.717) is 18.5 Å². The minimum Gasteiger partial charge on any atom is -0.378 e. The van der Waals surface area contributed by atoms with E-state index in [1.807, 2.05) is 7.05 Å². The molecular formula is C16H24N4O. The van der Waals surface area contributed by atoms with Crippen molar-refractivity contribution in [2.24, 2.45) is 10.7 Å². The average Bonchev–Trinajstić information content (AvgIpc) is 3.38. The van der Waals surface area contributed by atoms with Gasteiger partial charge >= 0.3 is 0 Å². The monoisotopic (exact) mass is 288 g/mol. The number of hydrogen-bond donors (Lipinski definition) is 1. The van der Waals surface area contributed by atoms with Gasteiger partial charge in [-0.3, -0.25) is 0 Å². The molecule has 0 bridgehead atoms. The Labute approximate surface area is 126 Å². The van der Waals surface area contributed by atoms with E-state index < -0.39 is 0 Å². The zero-order valence-corrected chi connectivity index (χ0v) is 12.7. The van der Waals surface area contributed by atoms with Gasteiger partial charge < -0.3 is 20.3 Å². The quantitative estimate of drug-likeness (QED) is 0.673. The molecule has 0 amide bonds. The Hall–Kier alpha value is -1.75. The van der Waals surface area contributed by atoms with Gasteiger partial charge in [0.25, 0.3) is 0 Å². The number of nitrogens with two attached hydrogens (primary N) is 1. The fourth-order valence-corrected chi connectivity index (χ4v) is 2.57. The van der Waals surface area contributed by atoms with E-state index in [-0.39, 0.29) is 0 Å². The molecule has 1 aromatic rings. The molecule has 1 aliphatic heterocycles. The summed E-state index contributed by atoms with van der Waals surface area (Å²) < 4.78 is 5.38.